The molecule has 0 saturated carbocycles. The second kappa shape index (κ2) is 2.34. The standard InChI is InChI=1S/C4H6F5N/c1-2(10)3(5,6)4(7,8)9/h2H,10H2,1H3/t2-/m0/s1. The highest BCUT2D eigenvalue weighted by Gasteiger charge is 2.59. The van der Waals surface area contributed by atoms with Crippen LogP contribution in [0.4, 0.5) is 22.0 Å². The van der Waals surface area contributed by atoms with Gasteiger partial charge in [-0.25, -0.2) is 0 Å². The molecule has 0 saturated heterocycles. The van der Waals surface area contributed by atoms with E-state index in [2.05, 4.69) is 5.73 Å². The number of hydrogen-bond donors (Lipinski definition) is 1. The van der Waals surface area contributed by atoms with Gasteiger partial charge in [0.15, 0.2) is 0 Å². The molecule has 10 heavy (non-hydrogen) atoms. The SMILES string of the molecule is C[C@H](N)C(F)(F)C(F)(F)F. The van der Waals surface area contributed by atoms with E-state index in [9.17, 15) is 22.0 Å². The molecule has 2 N–H and O–H groups in total. The first-order chi connectivity index (χ1) is 4.19. The maximum absolute atomic E-state index is 11.8. The lowest BCUT2D eigenvalue weighted by Gasteiger charge is -2.22. The number of halogens is 5. The minimum Gasteiger partial charge on any atom is -0.323 e. The van der Waals surface area contributed by atoms with Gasteiger partial charge in [0.25, 0.3) is 0 Å². The number of alkyl halides is 5. The summed E-state index contributed by atoms with van der Waals surface area (Å²) in [5, 5.41) is 0. The summed E-state index contributed by atoms with van der Waals surface area (Å²) in [5.74, 6) is -4.78. The molecule has 0 amide bonds. The lowest BCUT2D eigenvalue weighted by Crippen LogP contribution is -2.49. The molecule has 1 nitrogen and oxygen atoms in total. The molecule has 1 atom stereocenters. The van der Waals surface area contributed by atoms with E-state index >= 15 is 0 Å². The van der Waals surface area contributed by atoms with E-state index in [4.69, 9.17) is 0 Å². The van der Waals surface area contributed by atoms with Gasteiger partial charge < -0.3 is 5.73 Å². The zero-order valence-electron chi connectivity index (χ0n) is 5.04. The summed E-state index contributed by atoms with van der Waals surface area (Å²) in [4.78, 5) is 0. The summed E-state index contributed by atoms with van der Waals surface area (Å²) in [7, 11) is 0. The highest BCUT2D eigenvalue weighted by Crippen LogP contribution is 2.36. The normalized spacial score (nSPS) is 17.1. The Morgan fingerprint density at radius 1 is 1.10 bits per heavy atom. The number of rotatable bonds is 1. The van der Waals surface area contributed by atoms with Gasteiger partial charge in [0, 0.05) is 0 Å². The summed E-state index contributed by atoms with van der Waals surface area (Å²) >= 11 is 0. The zero-order chi connectivity index (χ0) is 8.58. The van der Waals surface area contributed by atoms with Crippen molar-refractivity contribution < 1.29 is 22.0 Å². The second-order valence-corrected chi connectivity index (χ2v) is 1.91. The van der Waals surface area contributed by atoms with Crippen LogP contribution in [0.1, 0.15) is 6.92 Å². The van der Waals surface area contributed by atoms with Crippen molar-refractivity contribution in [3.63, 3.8) is 0 Å². The lowest BCUT2D eigenvalue weighted by molar-refractivity contribution is -0.287. The minimum absolute atomic E-state index is 0.605. The Bertz CT molecular complexity index is 115. The van der Waals surface area contributed by atoms with Crippen molar-refractivity contribution in [1.29, 1.82) is 0 Å². The van der Waals surface area contributed by atoms with E-state index in [-0.39, 0.29) is 0 Å². The molecular weight excluding hydrogens is 157 g/mol. The first-order valence-electron chi connectivity index (χ1n) is 2.39. The van der Waals surface area contributed by atoms with Crippen molar-refractivity contribution in [3.05, 3.63) is 0 Å². The molecule has 62 valence electrons. The van der Waals surface area contributed by atoms with Crippen molar-refractivity contribution in [2.24, 2.45) is 5.73 Å². The molecule has 0 spiro atoms. The van der Waals surface area contributed by atoms with Gasteiger partial charge in [0.1, 0.15) is 0 Å². The van der Waals surface area contributed by atoms with Crippen molar-refractivity contribution in [2.45, 2.75) is 25.1 Å². The minimum atomic E-state index is -5.54. The predicted molar refractivity (Wildman–Crippen MR) is 24.7 cm³/mol. The summed E-state index contributed by atoms with van der Waals surface area (Å²) in [5.41, 5.74) is 4.39. The van der Waals surface area contributed by atoms with Gasteiger partial charge in [-0.2, -0.15) is 22.0 Å². The van der Waals surface area contributed by atoms with E-state index in [0.717, 1.165) is 0 Å². The maximum Gasteiger partial charge on any atom is 0.454 e. The molecule has 0 aromatic heterocycles. The average molecular weight is 163 g/mol. The van der Waals surface area contributed by atoms with Gasteiger partial charge in [0.05, 0.1) is 6.04 Å². The molecule has 0 aromatic carbocycles. The number of hydrogen-bond acceptors (Lipinski definition) is 1. The topological polar surface area (TPSA) is 26.0 Å². The Hall–Kier alpha value is -0.390. The highest BCUT2D eigenvalue weighted by atomic mass is 19.4. The molecule has 0 aromatic rings. The van der Waals surface area contributed by atoms with Crippen LogP contribution in [-0.4, -0.2) is 18.1 Å². The van der Waals surface area contributed by atoms with Crippen LogP contribution in [0.3, 0.4) is 0 Å². The Morgan fingerprint density at radius 3 is 1.40 bits per heavy atom. The summed E-state index contributed by atoms with van der Waals surface area (Å²) in [6, 6.07) is -2.20. The largest absolute Gasteiger partial charge is 0.454 e. The number of nitrogens with two attached hydrogens (primary N) is 1. The molecular formula is C4H6F5N. The Kier molecular flexibility index (Phi) is 2.24. The van der Waals surface area contributed by atoms with Gasteiger partial charge in [0.2, 0.25) is 0 Å². The van der Waals surface area contributed by atoms with Crippen LogP contribution in [-0.2, 0) is 0 Å². The lowest BCUT2D eigenvalue weighted by atomic mass is 10.2. The molecule has 0 unspecified atom stereocenters. The maximum atomic E-state index is 11.8. The fraction of sp³-hybridized carbons (Fsp3) is 1.00. The predicted octanol–water partition coefficient (Wildman–Crippen LogP) is 1.53. The quantitative estimate of drug-likeness (QED) is 0.583. The smallest absolute Gasteiger partial charge is 0.323 e. The fourth-order valence-corrected chi connectivity index (χ4v) is 0.258. The van der Waals surface area contributed by atoms with Crippen LogP contribution in [0.5, 0.6) is 0 Å². The Balaban J connectivity index is 4.40. The molecule has 0 bridgehead atoms. The van der Waals surface area contributed by atoms with Crippen LogP contribution < -0.4 is 5.73 Å². The third-order valence-corrected chi connectivity index (χ3v) is 0.950. The Labute approximate surface area is 54.0 Å². The second-order valence-electron chi connectivity index (χ2n) is 1.91. The molecule has 0 aliphatic rings. The molecule has 0 fully saturated rings. The summed E-state index contributed by atoms with van der Waals surface area (Å²) in [6.07, 6.45) is -5.54. The van der Waals surface area contributed by atoms with E-state index in [0.29, 0.717) is 6.92 Å². The van der Waals surface area contributed by atoms with Gasteiger partial charge in [-0.3, -0.25) is 0 Å². The van der Waals surface area contributed by atoms with Gasteiger partial charge >= 0.3 is 12.1 Å². The first-order valence-corrected chi connectivity index (χ1v) is 2.39. The molecule has 0 rings (SSSR count). The molecule has 0 radical (unpaired) electrons. The van der Waals surface area contributed by atoms with E-state index < -0.39 is 18.1 Å². The van der Waals surface area contributed by atoms with Crippen LogP contribution in [0.25, 0.3) is 0 Å². The van der Waals surface area contributed by atoms with Crippen molar-refractivity contribution in [1.82, 2.24) is 0 Å². The van der Waals surface area contributed by atoms with E-state index in [1.165, 1.54) is 0 Å². The molecule has 0 heterocycles. The van der Waals surface area contributed by atoms with Crippen molar-refractivity contribution in [3.8, 4) is 0 Å². The highest BCUT2D eigenvalue weighted by molar-refractivity contribution is 4.83. The fourth-order valence-electron chi connectivity index (χ4n) is 0.258. The molecule has 0 aliphatic carbocycles. The Morgan fingerprint density at radius 2 is 1.40 bits per heavy atom. The van der Waals surface area contributed by atoms with Crippen LogP contribution >= 0.6 is 0 Å². The molecule has 0 aliphatic heterocycles. The van der Waals surface area contributed by atoms with Crippen LogP contribution in [0.2, 0.25) is 0 Å². The summed E-state index contributed by atoms with van der Waals surface area (Å²) < 4.78 is 57.4. The third-order valence-electron chi connectivity index (χ3n) is 0.950. The zero-order valence-corrected chi connectivity index (χ0v) is 5.04. The van der Waals surface area contributed by atoms with E-state index in [1.54, 1.807) is 0 Å². The van der Waals surface area contributed by atoms with Crippen molar-refractivity contribution >= 4 is 0 Å². The average Bonchev–Trinajstić information content (AvgIpc) is 1.62. The van der Waals surface area contributed by atoms with E-state index in [1.807, 2.05) is 0 Å². The van der Waals surface area contributed by atoms with Gasteiger partial charge in [-0.15, -0.1) is 0 Å². The van der Waals surface area contributed by atoms with Crippen LogP contribution in [0, 0.1) is 0 Å². The monoisotopic (exact) mass is 163 g/mol. The van der Waals surface area contributed by atoms with Crippen LogP contribution in [0.15, 0.2) is 0 Å². The third kappa shape index (κ3) is 1.56. The van der Waals surface area contributed by atoms with Gasteiger partial charge in [-0.05, 0) is 6.92 Å². The summed E-state index contributed by atoms with van der Waals surface area (Å²) in [6.45, 7) is 0.605. The molecule has 6 heteroatoms. The van der Waals surface area contributed by atoms with Crippen molar-refractivity contribution in [2.75, 3.05) is 0 Å². The van der Waals surface area contributed by atoms with Gasteiger partial charge in [-0.1, -0.05) is 0 Å². The first kappa shape index (κ1) is 9.61.